The van der Waals surface area contributed by atoms with E-state index in [-0.39, 0.29) is 24.0 Å². The first-order chi connectivity index (χ1) is 8.56. The second-order valence-electron chi connectivity index (χ2n) is 5.41. The zero-order valence-electron chi connectivity index (χ0n) is 10.7. The fourth-order valence-electron chi connectivity index (χ4n) is 2.45. The third-order valence-corrected chi connectivity index (χ3v) is 3.69. The van der Waals surface area contributed by atoms with Crippen molar-refractivity contribution < 1.29 is 19.4 Å². The quantitative estimate of drug-likeness (QED) is 0.750. The number of rotatable bonds is 6. The first-order valence-corrected chi connectivity index (χ1v) is 6.74. The monoisotopic (exact) mass is 255 g/mol. The SMILES string of the molecule is CC1CCC(CCC(=O)NC(C(=O)O)C2CC2)O1. The van der Waals surface area contributed by atoms with Crippen LogP contribution < -0.4 is 5.32 Å². The molecule has 0 aromatic carbocycles. The summed E-state index contributed by atoms with van der Waals surface area (Å²) in [6.45, 7) is 2.04. The molecule has 2 N–H and O–H groups in total. The lowest BCUT2D eigenvalue weighted by molar-refractivity contribution is -0.142. The Labute approximate surface area is 107 Å². The van der Waals surface area contributed by atoms with Crippen LogP contribution in [0.3, 0.4) is 0 Å². The van der Waals surface area contributed by atoms with Crippen molar-refractivity contribution in [1.82, 2.24) is 5.32 Å². The van der Waals surface area contributed by atoms with Crippen LogP contribution in [-0.2, 0) is 14.3 Å². The summed E-state index contributed by atoms with van der Waals surface area (Å²) in [4.78, 5) is 22.7. The van der Waals surface area contributed by atoms with E-state index in [0.29, 0.717) is 12.8 Å². The molecule has 0 aromatic heterocycles. The summed E-state index contributed by atoms with van der Waals surface area (Å²) >= 11 is 0. The van der Waals surface area contributed by atoms with Crippen LogP contribution in [0, 0.1) is 5.92 Å². The van der Waals surface area contributed by atoms with E-state index < -0.39 is 12.0 Å². The molecule has 3 atom stereocenters. The lowest BCUT2D eigenvalue weighted by Crippen LogP contribution is -2.42. The molecule has 2 fully saturated rings. The van der Waals surface area contributed by atoms with Crippen molar-refractivity contribution in [3.63, 3.8) is 0 Å². The lowest BCUT2D eigenvalue weighted by Gasteiger charge is -2.15. The second kappa shape index (κ2) is 5.69. The average molecular weight is 255 g/mol. The van der Waals surface area contributed by atoms with Crippen LogP contribution in [0.1, 0.15) is 45.4 Å². The largest absolute Gasteiger partial charge is 0.480 e. The van der Waals surface area contributed by atoms with Crippen molar-refractivity contribution >= 4 is 11.9 Å². The van der Waals surface area contributed by atoms with E-state index in [1.54, 1.807) is 0 Å². The molecule has 2 aliphatic rings. The summed E-state index contributed by atoms with van der Waals surface area (Å²) in [5.74, 6) is -0.955. The maximum absolute atomic E-state index is 11.7. The highest BCUT2D eigenvalue weighted by Crippen LogP contribution is 2.32. The topological polar surface area (TPSA) is 75.6 Å². The van der Waals surface area contributed by atoms with Crippen molar-refractivity contribution in [3.05, 3.63) is 0 Å². The Bertz CT molecular complexity index is 327. The van der Waals surface area contributed by atoms with Crippen LogP contribution in [0.2, 0.25) is 0 Å². The Morgan fingerprint density at radius 3 is 2.56 bits per heavy atom. The van der Waals surface area contributed by atoms with Crippen LogP contribution in [0.4, 0.5) is 0 Å². The van der Waals surface area contributed by atoms with Gasteiger partial charge in [0.15, 0.2) is 0 Å². The van der Waals surface area contributed by atoms with Crippen LogP contribution >= 0.6 is 0 Å². The summed E-state index contributed by atoms with van der Waals surface area (Å²) in [5, 5.41) is 11.6. The number of hydrogen-bond acceptors (Lipinski definition) is 3. The van der Waals surface area contributed by atoms with E-state index in [4.69, 9.17) is 9.84 Å². The molecule has 1 saturated carbocycles. The Morgan fingerprint density at radius 1 is 1.33 bits per heavy atom. The molecule has 2 rings (SSSR count). The third kappa shape index (κ3) is 3.70. The number of hydrogen-bond donors (Lipinski definition) is 2. The van der Waals surface area contributed by atoms with Gasteiger partial charge in [0.2, 0.25) is 5.91 Å². The van der Waals surface area contributed by atoms with Crippen LogP contribution in [0.5, 0.6) is 0 Å². The van der Waals surface area contributed by atoms with Crippen molar-refractivity contribution in [2.75, 3.05) is 0 Å². The van der Waals surface area contributed by atoms with Crippen molar-refractivity contribution in [3.8, 4) is 0 Å². The highest BCUT2D eigenvalue weighted by atomic mass is 16.5. The van der Waals surface area contributed by atoms with Crippen LogP contribution in [0.25, 0.3) is 0 Å². The summed E-state index contributed by atoms with van der Waals surface area (Å²) in [6, 6.07) is -0.694. The number of carbonyl (C=O) groups excluding carboxylic acids is 1. The minimum atomic E-state index is -0.920. The molecular formula is C13H21NO4. The number of carboxylic acids is 1. The molecule has 3 unspecified atom stereocenters. The first-order valence-electron chi connectivity index (χ1n) is 6.74. The van der Waals surface area contributed by atoms with Gasteiger partial charge in [-0.25, -0.2) is 4.79 Å². The smallest absolute Gasteiger partial charge is 0.326 e. The van der Waals surface area contributed by atoms with Gasteiger partial charge in [-0.2, -0.15) is 0 Å². The van der Waals surface area contributed by atoms with Gasteiger partial charge in [0.05, 0.1) is 12.2 Å². The van der Waals surface area contributed by atoms with E-state index in [0.717, 1.165) is 25.7 Å². The Morgan fingerprint density at radius 2 is 2.06 bits per heavy atom. The average Bonchev–Trinajstić information content (AvgIpc) is 3.06. The predicted octanol–water partition coefficient (Wildman–Crippen LogP) is 1.31. The molecule has 18 heavy (non-hydrogen) atoms. The minimum Gasteiger partial charge on any atom is -0.480 e. The van der Waals surface area contributed by atoms with Crippen LogP contribution in [0.15, 0.2) is 0 Å². The number of carboxylic acid groups (broad SMARTS) is 1. The molecule has 1 saturated heterocycles. The minimum absolute atomic E-state index is 0.134. The fourth-order valence-corrected chi connectivity index (χ4v) is 2.45. The fraction of sp³-hybridized carbons (Fsp3) is 0.846. The molecule has 1 aliphatic heterocycles. The van der Waals surface area contributed by atoms with Gasteiger partial charge in [-0.15, -0.1) is 0 Å². The van der Waals surface area contributed by atoms with Gasteiger partial charge in [0, 0.05) is 6.42 Å². The standard InChI is InChI=1S/C13H21NO4/c1-8-2-5-10(18-8)6-7-11(15)14-12(13(16)17)9-3-4-9/h8-10,12H,2-7H2,1H3,(H,14,15)(H,16,17). The number of carbonyl (C=O) groups is 2. The molecule has 0 aromatic rings. The normalized spacial score (nSPS) is 28.9. The van der Waals surface area contributed by atoms with Gasteiger partial charge in [-0.05, 0) is 44.9 Å². The zero-order valence-corrected chi connectivity index (χ0v) is 10.7. The molecule has 0 radical (unpaired) electrons. The van der Waals surface area contributed by atoms with Gasteiger partial charge in [-0.3, -0.25) is 4.79 Å². The summed E-state index contributed by atoms with van der Waals surface area (Å²) in [6.07, 6.45) is 5.35. The molecule has 0 spiro atoms. The Hall–Kier alpha value is -1.10. The summed E-state index contributed by atoms with van der Waals surface area (Å²) < 4.78 is 5.63. The van der Waals surface area contributed by atoms with E-state index in [1.807, 2.05) is 6.92 Å². The number of amides is 1. The highest BCUT2D eigenvalue weighted by Gasteiger charge is 2.37. The van der Waals surface area contributed by atoms with E-state index in [9.17, 15) is 9.59 Å². The molecule has 5 heteroatoms. The molecule has 1 amide bonds. The van der Waals surface area contributed by atoms with Gasteiger partial charge in [0.1, 0.15) is 6.04 Å². The molecule has 1 heterocycles. The number of nitrogens with one attached hydrogen (secondary N) is 1. The molecule has 102 valence electrons. The second-order valence-corrected chi connectivity index (χ2v) is 5.41. The van der Waals surface area contributed by atoms with Crippen molar-refractivity contribution in [2.24, 2.45) is 5.92 Å². The summed E-state index contributed by atoms with van der Waals surface area (Å²) in [7, 11) is 0. The highest BCUT2D eigenvalue weighted by molar-refractivity contribution is 5.84. The predicted molar refractivity (Wildman–Crippen MR) is 65.1 cm³/mol. The van der Waals surface area contributed by atoms with Gasteiger partial charge >= 0.3 is 5.97 Å². The Balaban J connectivity index is 1.69. The maximum atomic E-state index is 11.7. The van der Waals surface area contributed by atoms with E-state index in [1.165, 1.54) is 0 Å². The van der Waals surface area contributed by atoms with E-state index in [2.05, 4.69) is 5.32 Å². The van der Waals surface area contributed by atoms with Crippen LogP contribution in [-0.4, -0.2) is 35.2 Å². The number of ether oxygens (including phenoxy) is 1. The molecule has 5 nitrogen and oxygen atoms in total. The molecular weight excluding hydrogens is 234 g/mol. The summed E-state index contributed by atoms with van der Waals surface area (Å²) in [5.41, 5.74) is 0. The van der Waals surface area contributed by atoms with Gasteiger partial charge in [-0.1, -0.05) is 0 Å². The lowest BCUT2D eigenvalue weighted by atomic mass is 10.1. The zero-order chi connectivity index (χ0) is 13.1. The first kappa shape index (κ1) is 13.3. The number of aliphatic carboxylic acids is 1. The van der Waals surface area contributed by atoms with Crippen molar-refractivity contribution in [1.29, 1.82) is 0 Å². The van der Waals surface area contributed by atoms with E-state index >= 15 is 0 Å². The van der Waals surface area contributed by atoms with Crippen molar-refractivity contribution in [2.45, 2.75) is 63.7 Å². The maximum Gasteiger partial charge on any atom is 0.326 e. The molecule has 0 bridgehead atoms. The van der Waals surface area contributed by atoms with Gasteiger partial charge < -0.3 is 15.2 Å². The Kier molecular flexibility index (Phi) is 4.22. The van der Waals surface area contributed by atoms with Gasteiger partial charge in [0.25, 0.3) is 0 Å². The molecule has 1 aliphatic carbocycles. The third-order valence-electron chi connectivity index (χ3n) is 3.69.